The van der Waals surface area contributed by atoms with Crippen LogP contribution in [0.5, 0.6) is 11.5 Å². The van der Waals surface area contributed by atoms with Gasteiger partial charge in [-0.05, 0) is 65.9 Å². The van der Waals surface area contributed by atoms with Gasteiger partial charge in [0.2, 0.25) is 10.0 Å². The molecule has 2 N–H and O–H groups in total. The molecule has 0 aliphatic carbocycles. The topological polar surface area (TPSA) is 87.1 Å². The number of methoxy groups -OCH3 is 1. The summed E-state index contributed by atoms with van der Waals surface area (Å²) < 4.78 is 47.0. The number of aromatic hydroxyl groups is 1. The van der Waals surface area contributed by atoms with Gasteiger partial charge in [0.05, 0.1) is 24.9 Å². The van der Waals surface area contributed by atoms with Crippen molar-refractivity contribution in [3.63, 3.8) is 0 Å². The Balaban J connectivity index is 1.46. The standard InChI is InChI=1S/C30H28FNO5S/c1-37-25-15-16-26(28(34)19-25)30-29(18-17-27(33)22-7-11-23(31)12-8-22)38(35,36)32(30)24-13-9-21(10-14-24)20-5-3-2-4-6-20/h2-16,19,27,29-30,33-34H,17-18H2,1H3/t27-,29-,30-/m1/s1. The molecule has 1 fully saturated rings. The number of aliphatic hydroxyl groups excluding tert-OH is 1. The molecule has 0 unspecified atom stereocenters. The van der Waals surface area contributed by atoms with E-state index in [1.54, 1.807) is 24.3 Å². The minimum Gasteiger partial charge on any atom is -0.507 e. The van der Waals surface area contributed by atoms with E-state index in [-0.39, 0.29) is 18.6 Å². The van der Waals surface area contributed by atoms with Crippen LogP contribution < -0.4 is 9.04 Å². The van der Waals surface area contributed by atoms with E-state index >= 15 is 0 Å². The Morgan fingerprint density at radius 2 is 1.58 bits per heavy atom. The van der Waals surface area contributed by atoms with Crippen molar-refractivity contribution in [1.82, 2.24) is 0 Å². The highest BCUT2D eigenvalue weighted by Crippen LogP contribution is 2.50. The average Bonchev–Trinajstić information content (AvgIpc) is 2.93. The number of hydrogen-bond donors (Lipinski definition) is 2. The minimum absolute atomic E-state index is 0.0701. The van der Waals surface area contributed by atoms with E-state index in [4.69, 9.17) is 4.74 Å². The first-order valence-corrected chi connectivity index (χ1v) is 13.8. The number of sulfonamides is 1. The zero-order valence-corrected chi connectivity index (χ0v) is 21.6. The summed E-state index contributed by atoms with van der Waals surface area (Å²) in [6, 6.07) is 26.7. The molecule has 1 heterocycles. The molecular formula is C30H28FNO5S. The predicted molar refractivity (Wildman–Crippen MR) is 145 cm³/mol. The first-order valence-electron chi connectivity index (χ1n) is 12.3. The van der Waals surface area contributed by atoms with Crippen LogP contribution in [0.1, 0.15) is 36.1 Å². The third-order valence-corrected chi connectivity index (χ3v) is 9.27. The van der Waals surface area contributed by atoms with Crippen LogP contribution >= 0.6 is 0 Å². The Kier molecular flexibility index (Phi) is 7.10. The lowest BCUT2D eigenvalue weighted by Gasteiger charge is -2.48. The second-order valence-corrected chi connectivity index (χ2v) is 11.3. The fourth-order valence-electron chi connectivity index (χ4n) is 5.00. The van der Waals surface area contributed by atoms with E-state index < -0.39 is 33.2 Å². The van der Waals surface area contributed by atoms with Gasteiger partial charge in [-0.3, -0.25) is 4.31 Å². The molecule has 1 aliphatic heterocycles. The first kappa shape index (κ1) is 25.8. The predicted octanol–water partition coefficient (Wildman–Crippen LogP) is 5.98. The lowest BCUT2D eigenvalue weighted by molar-refractivity contribution is 0.162. The maximum Gasteiger partial charge on any atom is 0.241 e. The molecule has 0 spiro atoms. The maximum absolute atomic E-state index is 13.6. The summed E-state index contributed by atoms with van der Waals surface area (Å²) in [4.78, 5) is 0. The summed E-state index contributed by atoms with van der Waals surface area (Å²) in [5, 5.41) is 20.6. The Bertz CT molecular complexity index is 1510. The quantitative estimate of drug-likeness (QED) is 0.291. The van der Waals surface area contributed by atoms with E-state index in [2.05, 4.69) is 0 Å². The second-order valence-electron chi connectivity index (χ2n) is 9.31. The van der Waals surface area contributed by atoms with Crippen LogP contribution in [-0.4, -0.2) is 31.0 Å². The number of nitrogens with zero attached hydrogens (tertiary/aromatic N) is 1. The van der Waals surface area contributed by atoms with Crippen LogP contribution in [0.15, 0.2) is 97.1 Å². The Morgan fingerprint density at radius 1 is 0.921 bits per heavy atom. The number of anilines is 1. The fourth-order valence-corrected chi connectivity index (χ4v) is 7.12. The van der Waals surface area contributed by atoms with Crippen molar-refractivity contribution >= 4 is 15.7 Å². The number of aliphatic hydroxyl groups is 1. The summed E-state index contributed by atoms with van der Waals surface area (Å²) in [5.41, 5.74) is 3.42. The van der Waals surface area contributed by atoms with Crippen molar-refractivity contribution in [3.05, 3.63) is 114 Å². The number of hydrogen-bond acceptors (Lipinski definition) is 5. The normalized spacial score (nSPS) is 19.0. The zero-order valence-electron chi connectivity index (χ0n) is 20.7. The molecule has 8 heteroatoms. The highest BCUT2D eigenvalue weighted by molar-refractivity contribution is 7.95. The smallest absolute Gasteiger partial charge is 0.241 e. The first-order chi connectivity index (χ1) is 18.3. The van der Waals surface area contributed by atoms with Crippen LogP contribution in [0.3, 0.4) is 0 Å². The van der Waals surface area contributed by atoms with Gasteiger partial charge in [-0.1, -0.05) is 54.6 Å². The van der Waals surface area contributed by atoms with Crippen LogP contribution in [0.25, 0.3) is 11.1 Å². The number of halogens is 1. The van der Waals surface area contributed by atoms with Gasteiger partial charge in [0.15, 0.2) is 0 Å². The highest BCUT2D eigenvalue weighted by atomic mass is 32.2. The molecule has 38 heavy (non-hydrogen) atoms. The number of ether oxygens (including phenoxy) is 1. The molecule has 4 aromatic rings. The number of benzene rings is 4. The van der Waals surface area contributed by atoms with Crippen molar-refractivity contribution in [1.29, 1.82) is 0 Å². The molecule has 4 aromatic carbocycles. The minimum atomic E-state index is -3.79. The molecule has 0 radical (unpaired) electrons. The fraction of sp³-hybridized carbons (Fsp3) is 0.200. The zero-order chi connectivity index (χ0) is 26.9. The van der Waals surface area contributed by atoms with E-state index in [0.717, 1.165) is 11.1 Å². The van der Waals surface area contributed by atoms with Gasteiger partial charge in [-0.15, -0.1) is 0 Å². The summed E-state index contributed by atoms with van der Waals surface area (Å²) in [6.07, 6.45) is -0.644. The van der Waals surface area contributed by atoms with Crippen LogP contribution in [0, 0.1) is 5.82 Å². The van der Waals surface area contributed by atoms with E-state index in [1.165, 1.54) is 41.7 Å². The highest BCUT2D eigenvalue weighted by Gasteiger charge is 2.55. The number of phenolic OH excluding ortho intramolecular Hbond substituents is 1. The number of phenols is 1. The maximum atomic E-state index is 13.6. The largest absolute Gasteiger partial charge is 0.507 e. The molecule has 1 aliphatic rings. The Hall–Kier alpha value is -3.88. The molecule has 0 bridgehead atoms. The molecule has 6 nitrogen and oxygen atoms in total. The van der Waals surface area contributed by atoms with Crippen molar-refractivity contribution in [2.24, 2.45) is 0 Å². The lowest BCUT2D eigenvalue weighted by atomic mass is 9.95. The number of rotatable bonds is 8. The van der Waals surface area contributed by atoms with Crippen molar-refractivity contribution in [2.45, 2.75) is 30.2 Å². The molecule has 0 saturated carbocycles. The van der Waals surface area contributed by atoms with E-state index in [1.807, 2.05) is 42.5 Å². The molecule has 0 aromatic heterocycles. The molecule has 3 atom stereocenters. The van der Waals surface area contributed by atoms with Crippen molar-refractivity contribution in [2.75, 3.05) is 11.4 Å². The molecule has 0 amide bonds. The van der Waals surface area contributed by atoms with Crippen LogP contribution in [0.2, 0.25) is 0 Å². The van der Waals surface area contributed by atoms with E-state index in [9.17, 15) is 23.0 Å². The lowest BCUT2D eigenvalue weighted by Crippen LogP contribution is -2.58. The molecule has 196 valence electrons. The summed E-state index contributed by atoms with van der Waals surface area (Å²) in [7, 11) is -2.30. The van der Waals surface area contributed by atoms with Gasteiger partial charge in [0.25, 0.3) is 0 Å². The third kappa shape index (κ3) is 4.85. The Morgan fingerprint density at radius 3 is 2.21 bits per heavy atom. The molecular weight excluding hydrogens is 505 g/mol. The second kappa shape index (κ2) is 10.5. The summed E-state index contributed by atoms with van der Waals surface area (Å²) in [5.74, 6) is -0.0267. The van der Waals surface area contributed by atoms with Crippen molar-refractivity contribution < 1.29 is 27.8 Å². The summed E-state index contributed by atoms with van der Waals surface area (Å²) in [6.45, 7) is 0. The van der Waals surface area contributed by atoms with Gasteiger partial charge < -0.3 is 14.9 Å². The monoisotopic (exact) mass is 533 g/mol. The van der Waals surface area contributed by atoms with Gasteiger partial charge >= 0.3 is 0 Å². The van der Waals surface area contributed by atoms with Crippen LogP contribution in [0.4, 0.5) is 10.1 Å². The van der Waals surface area contributed by atoms with E-state index in [0.29, 0.717) is 22.6 Å². The van der Waals surface area contributed by atoms with Crippen molar-refractivity contribution in [3.8, 4) is 22.6 Å². The average molecular weight is 534 g/mol. The van der Waals surface area contributed by atoms with Gasteiger partial charge in [0.1, 0.15) is 22.6 Å². The summed E-state index contributed by atoms with van der Waals surface area (Å²) >= 11 is 0. The molecule has 1 saturated heterocycles. The Labute approximate surface area is 221 Å². The van der Waals surface area contributed by atoms with Crippen LogP contribution in [-0.2, 0) is 10.0 Å². The third-order valence-electron chi connectivity index (χ3n) is 7.03. The SMILES string of the molecule is COc1ccc([C@@H]2[C@@H](CC[C@@H](O)c3ccc(F)cc3)S(=O)(=O)N2c2ccc(-c3ccccc3)cc2)c(O)c1. The van der Waals surface area contributed by atoms with Gasteiger partial charge in [-0.2, -0.15) is 0 Å². The molecule has 5 rings (SSSR count). The van der Waals surface area contributed by atoms with Gasteiger partial charge in [-0.25, -0.2) is 12.8 Å². The van der Waals surface area contributed by atoms with Gasteiger partial charge in [0, 0.05) is 11.6 Å².